The first-order valence-electron chi connectivity index (χ1n) is 5.10. The van der Waals surface area contributed by atoms with Gasteiger partial charge in [0.2, 0.25) is 0 Å². The third-order valence-electron chi connectivity index (χ3n) is 2.42. The normalized spacial score (nSPS) is 16.3. The minimum Gasteiger partial charge on any atom is -0.365 e. The lowest BCUT2D eigenvalue weighted by atomic mass is 10.2. The van der Waals surface area contributed by atoms with Gasteiger partial charge >= 0.3 is 0 Å². The van der Waals surface area contributed by atoms with Crippen LogP contribution in [0.4, 0.5) is 0 Å². The van der Waals surface area contributed by atoms with Crippen molar-refractivity contribution < 1.29 is 4.92 Å². The molecule has 0 unspecified atom stereocenters. The standard InChI is InChI=1S/C10H11ClN4O2.ClH/c11-9-2-1-8(5-13-9)6-14-4-3-12-10(14)7-15(16)17;/h1-2,5,7,12H,3-4,6H2;1H/b10-7+;. The molecule has 1 N–H and O–H groups in total. The Hall–Kier alpha value is -1.53. The summed E-state index contributed by atoms with van der Waals surface area (Å²) in [6, 6.07) is 3.56. The van der Waals surface area contributed by atoms with Crippen LogP contribution in [0.25, 0.3) is 0 Å². The smallest absolute Gasteiger partial charge is 0.274 e. The van der Waals surface area contributed by atoms with Crippen molar-refractivity contribution in [2.75, 3.05) is 13.1 Å². The topological polar surface area (TPSA) is 71.3 Å². The summed E-state index contributed by atoms with van der Waals surface area (Å²) in [4.78, 5) is 15.8. The van der Waals surface area contributed by atoms with Crippen molar-refractivity contribution in [2.45, 2.75) is 6.54 Å². The highest BCUT2D eigenvalue weighted by atomic mass is 35.5. The van der Waals surface area contributed by atoms with E-state index in [1.807, 2.05) is 11.0 Å². The Labute approximate surface area is 115 Å². The summed E-state index contributed by atoms with van der Waals surface area (Å²) in [7, 11) is 0. The molecule has 8 heteroatoms. The van der Waals surface area contributed by atoms with E-state index < -0.39 is 4.92 Å². The summed E-state index contributed by atoms with van der Waals surface area (Å²) in [5.41, 5.74) is 0.965. The Balaban J connectivity index is 0.00000162. The number of nitrogens with zero attached hydrogens (tertiary/aromatic N) is 3. The highest BCUT2D eigenvalue weighted by molar-refractivity contribution is 6.29. The molecule has 0 aromatic carbocycles. The van der Waals surface area contributed by atoms with E-state index in [1.165, 1.54) is 0 Å². The molecule has 1 aromatic heterocycles. The van der Waals surface area contributed by atoms with Gasteiger partial charge in [-0.05, 0) is 11.6 Å². The summed E-state index contributed by atoms with van der Waals surface area (Å²) in [5.74, 6) is 0.532. The van der Waals surface area contributed by atoms with E-state index in [1.54, 1.807) is 12.3 Å². The summed E-state index contributed by atoms with van der Waals surface area (Å²) < 4.78 is 0. The molecule has 0 amide bonds. The minimum atomic E-state index is -0.458. The predicted octanol–water partition coefficient (Wildman–Crippen LogP) is 1.64. The zero-order valence-corrected chi connectivity index (χ0v) is 10.9. The molecular formula is C10H12Cl2N4O2. The average Bonchev–Trinajstić information content (AvgIpc) is 2.68. The van der Waals surface area contributed by atoms with Crippen molar-refractivity contribution in [1.29, 1.82) is 0 Å². The van der Waals surface area contributed by atoms with E-state index in [0.29, 0.717) is 24.1 Å². The van der Waals surface area contributed by atoms with Crippen molar-refractivity contribution >= 4 is 24.0 Å². The average molecular weight is 291 g/mol. The van der Waals surface area contributed by atoms with Crippen molar-refractivity contribution in [3.05, 3.63) is 51.2 Å². The fraction of sp³-hybridized carbons (Fsp3) is 0.300. The van der Waals surface area contributed by atoms with Crippen LogP contribution >= 0.6 is 24.0 Å². The van der Waals surface area contributed by atoms with Crippen LogP contribution in [-0.2, 0) is 6.54 Å². The number of nitrogens with one attached hydrogen (secondary N) is 1. The molecule has 98 valence electrons. The molecule has 0 spiro atoms. The summed E-state index contributed by atoms with van der Waals surface area (Å²) in [6.07, 6.45) is 2.65. The van der Waals surface area contributed by atoms with Gasteiger partial charge in [-0.15, -0.1) is 12.4 Å². The van der Waals surface area contributed by atoms with Crippen LogP contribution in [0.3, 0.4) is 0 Å². The molecule has 0 radical (unpaired) electrons. The van der Waals surface area contributed by atoms with E-state index in [4.69, 9.17) is 11.6 Å². The fourth-order valence-electron chi connectivity index (χ4n) is 1.66. The third kappa shape index (κ3) is 3.75. The van der Waals surface area contributed by atoms with E-state index >= 15 is 0 Å². The number of hydrogen-bond donors (Lipinski definition) is 1. The maximum atomic E-state index is 10.4. The van der Waals surface area contributed by atoms with Gasteiger partial charge in [0.1, 0.15) is 5.15 Å². The van der Waals surface area contributed by atoms with Crippen molar-refractivity contribution in [3.8, 4) is 0 Å². The summed E-state index contributed by atoms with van der Waals surface area (Å²) in [6.45, 7) is 2.03. The second-order valence-corrected chi connectivity index (χ2v) is 4.02. The number of halogens is 2. The molecule has 1 fully saturated rings. The van der Waals surface area contributed by atoms with Crippen LogP contribution in [0, 0.1) is 10.1 Å². The van der Waals surface area contributed by atoms with Crippen molar-refractivity contribution in [1.82, 2.24) is 15.2 Å². The third-order valence-corrected chi connectivity index (χ3v) is 2.64. The maximum Gasteiger partial charge on any atom is 0.274 e. The van der Waals surface area contributed by atoms with Gasteiger partial charge < -0.3 is 10.2 Å². The molecule has 0 atom stereocenters. The molecule has 1 aromatic rings. The van der Waals surface area contributed by atoms with Gasteiger partial charge in [-0.3, -0.25) is 10.1 Å². The SMILES string of the molecule is Cl.O=[N+]([O-])/C=C1\NCCN1Cc1ccc(Cl)nc1. The highest BCUT2D eigenvalue weighted by Gasteiger charge is 2.19. The second kappa shape index (κ2) is 6.42. The monoisotopic (exact) mass is 290 g/mol. The molecular weight excluding hydrogens is 279 g/mol. The van der Waals surface area contributed by atoms with Crippen LogP contribution in [0.1, 0.15) is 5.56 Å². The lowest BCUT2D eigenvalue weighted by molar-refractivity contribution is -0.404. The van der Waals surface area contributed by atoms with Gasteiger partial charge in [-0.25, -0.2) is 4.98 Å². The Morgan fingerprint density at radius 3 is 3.00 bits per heavy atom. The maximum absolute atomic E-state index is 10.4. The lowest BCUT2D eigenvalue weighted by Gasteiger charge is -2.16. The molecule has 0 saturated carbocycles. The van der Waals surface area contributed by atoms with E-state index in [-0.39, 0.29) is 12.4 Å². The number of pyridine rings is 1. The number of aromatic nitrogens is 1. The first-order chi connectivity index (χ1) is 8.15. The fourth-order valence-corrected chi connectivity index (χ4v) is 1.77. The number of hydrogen-bond acceptors (Lipinski definition) is 5. The van der Waals surface area contributed by atoms with Crippen LogP contribution in [0.5, 0.6) is 0 Å². The van der Waals surface area contributed by atoms with Crippen molar-refractivity contribution in [3.63, 3.8) is 0 Å². The van der Waals surface area contributed by atoms with Gasteiger partial charge in [0.05, 0.1) is 4.92 Å². The number of rotatable bonds is 3. The Morgan fingerprint density at radius 2 is 2.39 bits per heavy atom. The lowest BCUT2D eigenvalue weighted by Crippen LogP contribution is -2.20. The second-order valence-electron chi connectivity index (χ2n) is 3.64. The predicted molar refractivity (Wildman–Crippen MR) is 70.0 cm³/mol. The molecule has 1 aliphatic heterocycles. The minimum absolute atomic E-state index is 0. The van der Waals surface area contributed by atoms with Gasteiger partial charge in [0.25, 0.3) is 6.20 Å². The molecule has 1 aliphatic rings. The van der Waals surface area contributed by atoms with Crippen LogP contribution in [0.2, 0.25) is 5.15 Å². The first kappa shape index (κ1) is 14.5. The molecule has 18 heavy (non-hydrogen) atoms. The molecule has 1 saturated heterocycles. The molecule has 0 aliphatic carbocycles. The number of nitro groups is 1. The molecule has 2 rings (SSSR count). The van der Waals surface area contributed by atoms with Crippen LogP contribution < -0.4 is 5.32 Å². The van der Waals surface area contributed by atoms with E-state index in [9.17, 15) is 10.1 Å². The van der Waals surface area contributed by atoms with Gasteiger partial charge in [0, 0.05) is 25.8 Å². The van der Waals surface area contributed by atoms with E-state index in [2.05, 4.69) is 10.3 Å². The summed E-state index contributed by atoms with van der Waals surface area (Å²) >= 11 is 5.69. The highest BCUT2D eigenvalue weighted by Crippen LogP contribution is 2.13. The Morgan fingerprint density at radius 1 is 1.61 bits per heavy atom. The van der Waals surface area contributed by atoms with Gasteiger partial charge in [0.15, 0.2) is 5.82 Å². The van der Waals surface area contributed by atoms with Crippen LogP contribution in [-0.4, -0.2) is 27.9 Å². The molecule has 6 nitrogen and oxygen atoms in total. The molecule has 0 bridgehead atoms. The molecule has 2 heterocycles. The summed E-state index contributed by atoms with van der Waals surface area (Å²) in [5, 5.41) is 13.8. The first-order valence-corrected chi connectivity index (χ1v) is 5.47. The zero-order chi connectivity index (χ0) is 12.3. The zero-order valence-electron chi connectivity index (χ0n) is 9.38. The quantitative estimate of drug-likeness (QED) is 0.521. The van der Waals surface area contributed by atoms with Gasteiger partial charge in [-0.1, -0.05) is 17.7 Å². The van der Waals surface area contributed by atoms with Gasteiger partial charge in [-0.2, -0.15) is 0 Å². The largest absolute Gasteiger partial charge is 0.365 e. The Bertz CT molecular complexity index is 450. The van der Waals surface area contributed by atoms with Crippen molar-refractivity contribution in [2.24, 2.45) is 0 Å². The Kier molecular flexibility index (Phi) is 5.18. The van der Waals surface area contributed by atoms with Crippen LogP contribution in [0.15, 0.2) is 30.4 Å². The van der Waals surface area contributed by atoms with E-state index in [0.717, 1.165) is 18.3 Å².